The van der Waals surface area contributed by atoms with Gasteiger partial charge in [-0.05, 0) is 38.3 Å². The average Bonchev–Trinajstić information content (AvgIpc) is 2.64. The molecule has 15 heavy (non-hydrogen) atoms. The highest BCUT2D eigenvalue weighted by Gasteiger charge is 2.05. The lowest BCUT2D eigenvalue weighted by atomic mass is 10.4. The second-order valence-corrected chi connectivity index (χ2v) is 4.39. The third-order valence-electron chi connectivity index (χ3n) is 1.63. The summed E-state index contributed by atoms with van der Waals surface area (Å²) in [6.45, 7) is 0.888. The summed E-state index contributed by atoms with van der Waals surface area (Å²) < 4.78 is 1.24. The highest BCUT2D eigenvalue weighted by molar-refractivity contribution is 9.11. The molecule has 0 atom stereocenters. The van der Waals surface area contributed by atoms with Crippen molar-refractivity contribution in [2.75, 3.05) is 12.3 Å². The molecule has 1 fully saturated rings. The maximum absolute atomic E-state index is 10.1. The van der Waals surface area contributed by atoms with E-state index in [-0.39, 0.29) is 5.91 Å². The molecule has 0 aromatic carbocycles. The average molecular weight is 338 g/mol. The molecular weight excluding hydrogens is 328 g/mol. The van der Waals surface area contributed by atoms with Gasteiger partial charge in [-0.25, -0.2) is 9.97 Å². The maximum Gasteiger partial charge on any atom is 0.220 e. The van der Waals surface area contributed by atoms with Gasteiger partial charge >= 0.3 is 0 Å². The number of nitrogens with zero attached hydrogens (tertiary/aromatic N) is 2. The predicted octanol–water partition coefficient (Wildman–Crippen LogP) is 1.48. The van der Waals surface area contributed by atoms with Gasteiger partial charge in [-0.3, -0.25) is 4.79 Å². The number of rotatable bonds is 0. The van der Waals surface area contributed by atoms with Gasteiger partial charge in [0.1, 0.15) is 9.21 Å². The van der Waals surface area contributed by atoms with Gasteiger partial charge in [0.25, 0.3) is 0 Å². The Bertz CT molecular complexity index is 350. The van der Waals surface area contributed by atoms with E-state index in [2.05, 4.69) is 47.1 Å². The van der Waals surface area contributed by atoms with Gasteiger partial charge in [0.15, 0.2) is 5.82 Å². The number of aromatic nitrogens is 2. The fourth-order valence-corrected chi connectivity index (χ4v) is 1.73. The summed E-state index contributed by atoms with van der Waals surface area (Å²) in [5, 5.41) is 2.68. The molecule has 0 spiro atoms. The topological polar surface area (TPSA) is 80.9 Å². The summed E-state index contributed by atoms with van der Waals surface area (Å²) >= 11 is 6.25. The van der Waals surface area contributed by atoms with Crippen molar-refractivity contribution in [3.05, 3.63) is 15.4 Å². The first-order valence-electron chi connectivity index (χ1n) is 4.30. The van der Waals surface area contributed by atoms with E-state index in [4.69, 9.17) is 5.73 Å². The van der Waals surface area contributed by atoms with Gasteiger partial charge in [0.05, 0.1) is 6.20 Å². The van der Waals surface area contributed by atoms with Gasteiger partial charge < -0.3 is 11.1 Å². The number of nitrogens with one attached hydrogen (secondary N) is 1. The van der Waals surface area contributed by atoms with Crippen LogP contribution in [0.1, 0.15) is 12.8 Å². The molecule has 0 unspecified atom stereocenters. The van der Waals surface area contributed by atoms with Crippen LogP contribution in [0.15, 0.2) is 15.4 Å². The van der Waals surface area contributed by atoms with Crippen LogP contribution >= 0.6 is 31.9 Å². The van der Waals surface area contributed by atoms with E-state index in [0.29, 0.717) is 15.0 Å². The summed E-state index contributed by atoms with van der Waals surface area (Å²) in [4.78, 5) is 17.9. The quantitative estimate of drug-likeness (QED) is 0.751. The normalized spacial score (nSPS) is 14.1. The number of nitrogens with two attached hydrogens (primary N) is 1. The SMILES string of the molecule is Nc1ncc(Br)nc1Br.O=C1CCCN1. The zero-order chi connectivity index (χ0) is 11.3. The van der Waals surface area contributed by atoms with Crippen molar-refractivity contribution < 1.29 is 4.79 Å². The van der Waals surface area contributed by atoms with Crippen LogP contribution in [0.2, 0.25) is 0 Å². The maximum atomic E-state index is 10.1. The fourth-order valence-electron chi connectivity index (χ4n) is 0.921. The molecule has 7 heteroatoms. The summed E-state index contributed by atoms with van der Waals surface area (Å²) in [6, 6.07) is 0. The molecule has 1 amide bonds. The molecular formula is C8H10Br2N4O. The standard InChI is InChI=1S/C4H3Br2N3.C4H7NO/c5-2-1-8-4(7)3(6)9-2;6-4-2-1-3-5-4/h1H,(H2,7,8);1-3H2,(H,5,6). The van der Waals surface area contributed by atoms with Gasteiger partial charge in [0.2, 0.25) is 5.91 Å². The number of hydrogen-bond donors (Lipinski definition) is 2. The lowest BCUT2D eigenvalue weighted by Crippen LogP contribution is -2.12. The van der Waals surface area contributed by atoms with Gasteiger partial charge in [-0.2, -0.15) is 0 Å². The van der Waals surface area contributed by atoms with Gasteiger partial charge in [0, 0.05) is 13.0 Å². The zero-order valence-electron chi connectivity index (χ0n) is 7.83. The highest BCUT2D eigenvalue weighted by Crippen LogP contribution is 2.15. The first-order chi connectivity index (χ1) is 7.09. The molecule has 1 saturated heterocycles. The van der Waals surface area contributed by atoms with E-state index >= 15 is 0 Å². The Hall–Kier alpha value is -0.690. The van der Waals surface area contributed by atoms with Crippen LogP contribution in [0, 0.1) is 0 Å². The number of hydrogen-bond acceptors (Lipinski definition) is 4. The molecule has 1 aromatic heterocycles. The van der Waals surface area contributed by atoms with E-state index in [9.17, 15) is 4.79 Å². The lowest BCUT2D eigenvalue weighted by Gasteiger charge is -1.93. The van der Waals surface area contributed by atoms with Crippen molar-refractivity contribution in [1.29, 1.82) is 0 Å². The second-order valence-electron chi connectivity index (χ2n) is 2.82. The molecule has 1 aliphatic heterocycles. The van der Waals surface area contributed by atoms with Crippen LogP contribution in [0.25, 0.3) is 0 Å². The Balaban J connectivity index is 0.000000162. The van der Waals surface area contributed by atoms with Gasteiger partial charge in [-0.15, -0.1) is 0 Å². The van der Waals surface area contributed by atoms with Crippen molar-refractivity contribution in [1.82, 2.24) is 15.3 Å². The van der Waals surface area contributed by atoms with Crippen molar-refractivity contribution >= 4 is 43.6 Å². The van der Waals surface area contributed by atoms with Crippen molar-refractivity contribution in [3.63, 3.8) is 0 Å². The molecule has 82 valence electrons. The Morgan fingerprint density at radius 2 is 2.20 bits per heavy atom. The number of nitrogen functional groups attached to an aromatic ring is 1. The summed E-state index contributed by atoms with van der Waals surface area (Å²) in [7, 11) is 0. The Kier molecular flexibility index (Phi) is 4.97. The molecule has 0 bridgehead atoms. The first-order valence-corrected chi connectivity index (χ1v) is 5.88. The van der Waals surface area contributed by atoms with Crippen LogP contribution in [-0.2, 0) is 4.79 Å². The first kappa shape index (κ1) is 12.4. The van der Waals surface area contributed by atoms with E-state index in [1.807, 2.05) is 0 Å². The molecule has 0 saturated carbocycles. The Morgan fingerprint density at radius 1 is 1.47 bits per heavy atom. The molecule has 2 heterocycles. The monoisotopic (exact) mass is 336 g/mol. The number of amides is 1. The largest absolute Gasteiger partial charge is 0.381 e. The molecule has 1 aromatic rings. The molecule has 0 radical (unpaired) electrons. The number of halogens is 2. The van der Waals surface area contributed by atoms with E-state index in [1.165, 1.54) is 0 Å². The lowest BCUT2D eigenvalue weighted by molar-refractivity contribution is -0.119. The van der Waals surface area contributed by atoms with Crippen LogP contribution in [-0.4, -0.2) is 22.4 Å². The minimum absolute atomic E-state index is 0.204. The molecule has 1 aliphatic rings. The molecule has 0 aliphatic carbocycles. The minimum Gasteiger partial charge on any atom is -0.381 e. The molecule has 2 rings (SSSR count). The highest BCUT2D eigenvalue weighted by atomic mass is 79.9. The Morgan fingerprint density at radius 3 is 2.53 bits per heavy atom. The summed E-state index contributed by atoms with van der Waals surface area (Å²) in [5.41, 5.74) is 5.35. The molecule has 3 N–H and O–H groups in total. The number of carbonyl (C=O) groups excluding carboxylic acids is 1. The van der Waals surface area contributed by atoms with Crippen molar-refractivity contribution in [2.24, 2.45) is 0 Å². The van der Waals surface area contributed by atoms with Crippen molar-refractivity contribution in [3.8, 4) is 0 Å². The van der Waals surface area contributed by atoms with Crippen LogP contribution in [0.5, 0.6) is 0 Å². The van der Waals surface area contributed by atoms with Crippen LogP contribution in [0.4, 0.5) is 5.82 Å². The van der Waals surface area contributed by atoms with Crippen LogP contribution in [0.3, 0.4) is 0 Å². The molecule has 5 nitrogen and oxygen atoms in total. The summed E-state index contributed by atoms with van der Waals surface area (Å²) in [6.07, 6.45) is 3.30. The zero-order valence-corrected chi connectivity index (χ0v) is 11.0. The van der Waals surface area contributed by atoms with Gasteiger partial charge in [-0.1, -0.05) is 0 Å². The predicted molar refractivity (Wildman–Crippen MR) is 64.1 cm³/mol. The Labute approximate surface area is 104 Å². The number of carbonyl (C=O) groups is 1. The number of anilines is 1. The summed E-state index contributed by atoms with van der Waals surface area (Å²) in [5.74, 6) is 0.605. The van der Waals surface area contributed by atoms with E-state index in [1.54, 1.807) is 6.20 Å². The van der Waals surface area contributed by atoms with E-state index < -0.39 is 0 Å². The van der Waals surface area contributed by atoms with E-state index in [0.717, 1.165) is 19.4 Å². The van der Waals surface area contributed by atoms with Crippen molar-refractivity contribution in [2.45, 2.75) is 12.8 Å². The smallest absolute Gasteiger partial charge is 0.220 e. The third kappa shape index (κ3) is 4.57. The third-order valence-corrected chi connectivity index (χ3v) is 2.59. The van der Waals surface area contributed by atoms with Crippen LogP contribution < -0.4 is 11.1 Å². The minimum atomic E-state index is 0.204. The second kappa shape index (κ2) is 6.02. The fraction of sp³-hybridized carbons (Fsp3) is 0.375.